The van der Waals surface area contributed by atoms with Crippen LogP contribution >= 0.6 is 34.7 Å². The lowest BCUT2D eigenvalue weighted by molar-refractivity contribution is -0.118. The molecule has 0 spiro atoms. The van der Waals surface area contributed by atoms with E-state index in [4.69, 9.17) is 11.6 Å². The predicted molar refractivity (Wildman–Crippen MR) is 128 cm³/mol. The van der Waals surface area contributed by atoms with E-state index in [9.17, 15) is 14.0 Å². The van der Waals surface area contributed by atoms with Crippen LogP contribution in [0.5, 0.6) is 0 Å². The summed E-state index contributed by atoms with van der Waals surface area (Å²) in [4.78, 5) is 31.3. The number of benzene rings is 2. The summed E-state index contributed by atoms with van der Waals surface area (Å²) >= 11 is 8.87. The number of hydrogen-bond acceptors (Lipinski definition) is 5. The van der Waals surface area contributed by atoms with E-state index in [0.717, 1.165) is 0 Å². The molecule has 0 aliphatic heterocycles. The van der Waals surface area contributed by atoms with Crippen LogP contribution in [0, 0.1) is 5.82 Å². The lowest BCUT2D eigenvalue weighted by Gasteiger charge is -2.13. The molecular formula is C23H19ClFN3O2S2. The second kappa shape index (κ2) is 10.3. The maximum absolute atomic E-state index is 13.2. The number of halogens is 2. The molecule has 0 fully saturated rings. The molecule has 0 bridgehead atoms. The van der Waals surface area contributed by atoms with E-state index in [1.807, 2.05) is 29.6 Å². The summed E-state index contributed by atoms with van der Waals surface area (Å²) in [7, 11) is 0. The third-order valence-corrected chi connectivity index (χ3v) is 7.08. The van der Waals surface area contributed by atoms with Crippen LogP contribution in [0.25, 0.3) is 10.9 Å². The molecule has 164 valence electrons. The molecule has 4 rings (SSSR count). The van der Waals surface area contributed by atoms with Gasteiger partial charge in [0.15, 0.2) is 5.16 Å². The first-order valence-electron chi connectivity index (χ1n) is 9.86. The highest BCUT2D eigenvalue weighted by Crippen LogP contribution is 2.20. The molecular weight excluding hydrogens is 469 g/mol. The Balaban J connectivity index is 1.48. The molecule has 2 aromatic heterocycles. The van der Waals surface area contributed by atoms with Gasteiger partial charge < -0.3 is 5.32 Å². The fraction of sp³-hybridized carbons (Fsp3) is 0.174. The van der Waals surface area contributed by atoms with Gasteiger partial charge in [-0.05, 0) is 47.7 Å². The molecule has 0 saturated carbocycles. The van der Waals surface area contributed by atoms with Gasteiger partial charge in [-0.1, -0.05) is 47.6 Å². The molecule has 32 heavy (non-hydrogen) atoms. The Labute approximate surface area is 197 Å². The second-order valence-corrected chi connectivity index (χ2v) is 9.38. The molecule has 0 saturated heterocycles. The Morgan fingerprint density at radius 1 is 1.19 bits per heavy atom. The van der Waals surface area contributed by atoms with Crippen LogP contribution in [-0.2, 0) is 24.3 Å². The quantitative estimate of drug-likeness (QED) is 0.283. The highest BCUT2D eigenvalue weighted by molar-refractivity contribution is 7.99. The first kappa shape index (κ1) is 22.5. The van der Waals surface area contributed by atoms with Gasteiger partial charge >= 0.3 is 0 Å². The van der Waals surface area contributed by atoms with Gasteiger partial charge in [-0.3, -0.25) is 14.2 Å². The Morgan fingerprint density at radius 2 is 2.03 bits per heavy atom. The molecule has 0 unspecified atom stereocenters. The van der Waals surface area contributed by atoms with Gasteiger partial charge in [-0.2, -0.15) is 0 Å². The smallest absolute Gasteiger partial charge is 0.262 e. The van der Waals surface area contributed by atoms with Crippen molar-refractivity contribution >= 4 is 51.5 Å². The number of thioether (sulfide) groups is 1. The van der Waals surface area contributed by atoms with E-state index in [0.29, 0.717) is 34.6 Å². The van der Waals surface area contributed by atoms with Gasteiger partial charge in [-0.15, -0.1) is 11.3 Å². The van der Waals surface area contributed by atoms with Crippen molar-refractivity contribution in [3.63, 3.8) is 0 Å². The maximum Gasteiger partial charge on any atom is 0.262 e. The van der Waals surface area contributed by atoms with Gasteiger partial charge in [-0.25, -0.2) is 9.37 Å². The van der Waals surface area contributed by atoms with Gasteiger partial charge in [0.05, 0.1) is 16.7 Å². The molecule has 0 aliphatic carbocycles. The normalized spacial score (nSPS) is 11.1. The largest absolute Gasteiger partial charge is 0.351 e. The van der Waals surface area contributed by atoms with Crippen molar-refractivity contribution < 1.29 is 9.18 Å². The molecule has 0 radical (unpaired) electrons. The van der Waals surface area contributed by atoms with Crippen molar-refractivity contribution in [2.24, 2.45) is 0 Å². The summed E-state index contributed by atoms with van der Waals surface area (Å²) in [6.07, 6.45) is 0.709. The van der Waals surface area contributed by atoms with Gasteiger partial charge in [0.2, 0.25) is 5.91 Å². The van der Waals surface area contributed by atoms with E-state index >= 15 is 0 Å². The monoisotopic (exact) mass is 487 g/mol. The fourth-order valence-corrected chi connectivity index (χ4v) is 4.96. The van der Waals surface area contributed by atoms with Crippen LogP contribution in [0.15, 0.2) is 69.9 Å². The van der Waals surface area contributed by atoms with E-state index in [-0.39, 0.29) is 28.8 Å². The number of aryl methyl sites for hydroxylation is 1. The average molecular weight is 488 g/mol. The summed E-state index contributed by atoms with van der Waals surface area (Å²) < 4.78 is 14.8. The zero-order valence-corrected chi connectivity index (χ0v) is 19.3. The van der Waals surface area contributed by atoms with Crippen LogP contribution < -0.4 is 10.9 Å². The molecule has 0 aliphatic rings. The Kier molecular flexibility index (Phi) is 7.24. The number of hydrogen-bond donors (Lipinski definition) is 1. The summed E-state index contributed by atoms with van der Waals surface area (Å²) in [6, 6.07) is 15.3. The van der Waals surface area contributed by atoms with Crippen LogP contribution in [0.2, 0.25) is 5.02 Å². The number of fused-ring (bicyclic) bond motifs is 1. The number of nitrogens with one attached hydrogen (secondary N) is 1. The second-order valence-electron chi connectivity index (χ2n) is 7.00. The molecule has 4 aromatic rings. The van der Waals surface area contributed by atoms with Crippen molar-refractivity contribution in [1.29, 1.82) is 0 Å². The topological polar surface area (TPSA) is 64.0 Å². The summed E-state index contributed by atoms with van der Waals surface area (Å²) in [5, 5.41) is 6.09. The Bertz CT molecular complexity index is 1310. The van der Waals surface area contributed by atoms with Crippen molar-refractivity contribution in [3.8, 4) is 0 Å². The van der Waals surface area contributed by atoms with Gasteiger partial charge in [0.1, 0.15) is 5.82 Å². The average Bonchev–Trinajstić information content (AvgIpc) is 3.30. The van der Waals surface area contributed by atoms with E-state index in [2.05, 4.69) is 10.3 Å². The minimum atomic E-state index is -0.427. The van der Waals surface area contributed by atoms with Crippen LogP contribution in [0.1, 0.15) is 10.4 Å². The molecule has 2 heterocycles. The van der Waals surface area contributed by atoms with Crippen LogP contribution in [0.3, 0.4) is 0 Å². The third-order valence-electron chi connectivity index (χ3n) is 4.81. The van der Waals surface area contributed by atoms with Crippen molar-refractivity contribution in [3.05, 3.63) is 91.6 Å². The molecule has 9 heteroatoms. The van der Waals surface area contributed by atoms with Crippen molar-refractivity contribution in [2.45, 2.75) is 24.7 Å². The molecule has 1 N–H and O–H groups in total. The Morgan fingerprint density at radius 3 is 2.81 bits per heavy atom. The number of amides is 1. The number of nitrogens with zero attached hydrogens (tertiary/aromatic N) is 2. The minimum absolute atomic E-state index is 0.0859. The number of carbonyl (C=O) groups is 1. The molecule has 2 aromatic carbocycles. The van der Waals surface area contributed by atoms with E-state index in [1.165, 1.54) is 34.8 Å². The number of rotatable bonds is 8. The van der Waals surface area contributed by atoms with Crippen LogP contribution in [0.4, 0.5) is 4.39 Å². The maximum atomic E-state index is 13.2. The standard InChI is InChI=1S/C23H19ClFN3O2S2/c24-19-12-16(25)8-7-15(19)13-26-21(29)14-32-23-27-20-6-2-1-5-18(20)22(30)28(23)10-9-17-4-3-11-31-17/h1-8,11-12H,9-10,13-14H2,(H,26,29). The summed E-state index contributed by atoms with van der Waals surface area (Å²) in [5.74, 6) is -0.575. The summed E-state index contributed by atoms with van der Waals surface area (Å²) in [5.41, 5.74) is 1.11. The Hall–Kier alpha value is -2.68. The van der Waals surface area contributed by atoms with Gasteiger partial charge in [0.25, 0.3) is 5.56 Å². The van der Waals surface area contributed by atoms with Crippen molar-refractivity contribution in [1.82, 2.24) is 14.9 Å². The van der Waals surface area contributed by atoms with Gasteiger partial charge in [0, 0.05) is 23.0 Å². The minimum Gasteiger partial charge on any atom is -0.351 e. The first-order chi connectivity index (χ1) is 15.5. The summed E-state index contributed by atoms with van der Waals surface area (Å²) in [6.45, 7) is 0.668. The lowest BCUT2D eigenvalue weighted by Crippen LogP contribution is -2.27. The highest BCUT2D eigenvalue weighted by atomic mass is 35.5. The fourth-order valence-electron chi connectivity index (χ4n) is 3.17. The number of thiophene rings is 1. The zero-order valence-electron chi connectivity index (χ0n) is 16.9. The first-order valence-corrected chi connectivity index (χ1v) is 12.1. The molecule has 5 nitrogen and oxygen atoms in total. The third kappa shape index (κ3) is 5.38. The van der Waals surface area contributed by atoms with Crippen LogP contribution in [-0.4, -0.2) is 21.2 Å². The molecule has 0 atom stereocenters. The highest BCUT2D eigenvalue weighted by Gasteiger charge is 2.14. The predicted octanol–water partition coefficient (Wildman–Crippen LogP) is 4.90. The van der Waals surface area contributed by atoms with Crippen molar-refractivity contribution in [2.75, 3.05) is 5.75 Å². The van der Waals surface area contributed by atoms with E-state index < -0.39 is 5.82 Å². The lowest BCUT2D eigenvalue weighted by atomic mass is 10.2. The van der Waals surface area contributed by atoms with E-state index in [1.54, 1.807) is 28.0 Å². The number of carbonyl (C=O) groups excluding carboxylic acids is 1. The number of para-hydroxylation sites is 1. The zero-order chi connectivity index (χ0) is 22.5. The number of aromatic nitrogens is 2. The molecule has 1 amide bonds. The SMILES string of the molecule is O=C(CSc1nc2ccccc2c(=O)n1CCc1cccs1)NCc1ccc(F)cc1Cl.